The third-order valence-electron chi connectivity index (χ3n) is 4.11. The average Bonchev–Trinajstić information content (AvgIpc) is 2.88. The Morgan fingerprint density at radius 1 is 1.37 bits per heavy atom. The van der Waals surface area contributed by atoms with Gasteiger partial charge in [-0.25, -0.2) is 4.39 Å². The van der Waals surface area contributed by atoms with E-state index in [0.717, 1.165) is 25.3 Å². The van der Waals surface area contributed by atoms with Crippen molar-refractivity contribution in [2.45, 2.75) is 31.5 Å². The Kier molecular flexibility index (Phi) is 4.11. The number of benzene rings is 1. The van der Waals surface area contributed by atoms with E-state index in [9.17, 15) is 4.39 Å². The van der Waals surface area contributed by atoms with E-state index < -0.39 is 0 Å². The standard InChI is InChI=1S/C15H21FN2O/c16-15-6-2-1-4-12(15)8-17-9-14-10-18-7-3-5-13(18)11-19-14/h1-2,4,6,13-14,17H,3,5,7-11H2. The van der Waals surface area contributed by atoms with Crippen LogP contribution in [0, 0.1) is 5.82 Å². The summed E-state index contributed by atoms with van der Waals surface area (Å²) in [4.78, 5) is 2.53. The maximum atomic E-state index is 13.5. The maximum absolute atomic E-state index is 13.5. The van der Waals surface area contributed by atoms with Gasteiger partial charge >= 0.3 is 0 Å². The van der Waals surface area contributed by atoms with Gasteiger partial charge in [0.2, 0.25) is 0 Å². The van der Waals surface area contributed by atoms with Gasteiger partial charge in [-0.3, -0.25) is 4.90 Å². The molecule has 3 nitrogen and oxygen atoms in total. The Morgan fingerprint density at radius 2 is 2.26 bits per heavy atom. The lowest BCUT2D eigenvalue weighted by Crippen LogP contribution is -2.49. The van der Waals surface area contributed by atoms with Crippen molar-refractivity contribution in [3.8, 4) is 0 Å². The molecule has 0 spiro atoms. The summed E-state index contributed by atoms with van der Waals surface area (Å²) in [5, 5.41) is 3.30. The van der Waals surface area contributed by atoms with E-state index in [1.165, 1.54) is 25.5 Å². The highest BCUT2D eigenvalue weighted by Crippen LogP contribution is 2.22. The predicted molar refractivity (Wildman–Crippen MR) is 72.4 cm³/mol. The second-order valence-electron chi connectivity index (χ2n) is 5.47. The summed E-state index contributed by atoms with van der Waals surface area (Å²) >= 11 is 0. The van der Waals surface area contributed by atoms with Crippen molar-refractivity contribution in [2.75, 3.05) is 26.2 Å². The van der Waals surface area contributed by atoms with Crippen molar-refractivity contribution in [2.24, 2.45) is 0 Å². The van der Waals surface area contributed by atoms with E-state index >= 15 is 0 Å². The number of hydrogen-bond donors (Lipinski definition) is 1. The van der Waals surface area contributed by atoms with E-state index in [1.807, 2.05) is 12.1 Å². The summed E-state index contributed by atoms with van der Waals surface area (Å²) in [5.74, 6) is -0.140. The van der Waals surface area contributed by atoms with Crippen LogP contribution in [0.5, 0.6) is 0 Å². The van der Waals surface area contributed by atoms with Gasteiger partial charge in [0.15, 0.2) is 0 Å². The molecule has 2 atom stereocenters. The molecule has 2 aliphatic rings. The van der Waals surface area contributed by atoms with Crippen LogP contribution in [0.1, 0.15) is 18.4 Å². The number of hydrogen-bond acceptors (Lipinski definition) is 3. The largest absolute Gasteiger partial charge is 0.374 e. The van der Waals surface area contributed by atoms with Crippen molar-refractivity contribution in [1.82, 2.24) is 10.2 Å². The molecule has 0 bridgehead atoms. The van der Waals surface area contributed by atoms with Crippen LogP contribution in [0.25, 0.3) is 0 Å². The maximum Gasteiger partial charge on any atom is 0.127 e. The van der Waals surface area contributed by atoms with Gasteiger partial charge in [-0.15, -0.1) is 0 Å². The van der Waals surface area contributed by atoms with Crippen LogP contribution >= 0.6 is 0 Å². The Morgan fingerprint density at radius 3 is 3.16 bits per heavy atom. The lowest BCUT2D eigenvalue weighted by Gasteiger charge is -2.35. The highest BCUT2D eigenvalue weighted by Gasteiger charge is 2.31. The predicted octanol–water partition coefficient (Wildman–Crippen LogP) is 1.78. The molecule has 19 heavy (non-hydrogen) atoms. The molecule has 1 aromatic rings. The fourth-order valence-electron chi connectivity index (χ4n) is 3.02. The summed E-state index contributed by atoms with van der Waals surface area (Å²) in [6.45, 7) is 4.42. The van der Waals surface area contributed by atoms with Gasteiger partial charge in [-0.2, -0.15) is 0 Å². The minimum Gasteiger partial charge on any atom is -0.374 e. The SMILES string of the molecule is Fc1ccccc1CNCC1CN2CCCC2CO1. The molecule has 2 unspecified atom stereocenters. The molecule has 0 amide bonds. The van der Waals surface area contributed by atoms with Crippen LogP contribution in [-0.2, 0) is 11.3 Å². The van der Waals surface area contributed by atoms with Gasteiger partial charge < -0.3 is 10.1 Å². The second kappa shape index (κ2) is 5.99. The molecule has 2 saturated heterocycles. The molecule has 2 fully saturated rings. The molecule has 1 aromatic carbocycles. The molecule has 104 valence electrons. The van der Waals surface area contributed by atoms with Crippen molar-refractivity contribution >= 4 is 0 Å². The number of ether oxygens (including phenoxy) is 1. The van der Waals surface area contributed by atoms with Gasteiger partial charge in [0.05, 0.1) is 12.7 Å². The van der Waals surface area contributed by atoms with Crippen LogP contribution in [0.3, 0.4) is 0 Å². The minimum atomic E-state index is -0.140. The van der Waals surface area contributed by atoms with Crippen LogP contribution < -0.4 is 5.32 Å². The monoisotopic (exact) mass is 264 g/mol. The first-order chi connectivity index (χ1) is 9.33. The molecule has 3 rings (SSSR count). The smallest absolute Gasteiger partial charge is 0.127 e. The van der Waals surface area contributed by atoms with E-state index in [2.05, 4.69) is 10.2 Å². The normalized spacial score (nSPS) is 27.4. The van der Waals surface area contributed by atoms with Gasteiger partial charge in [0, 0.05) is 31.2 Å². The fraction of sp³-hybridized carbons (Fsp3) is 0.600. The molecule has 0 aliphatic carbocycles. The molecular weight excluding hydrogens is 243 g/mol. The van der Waals surface area contributed by atoms with Gasteiger partial charge in [-0.05, 0) is 25.5 Å². The third kappa shape index (κ3) is 3.14. The first-order valence-corrected chi connectivity index (χ1v) is 7.13. The lowest BCUT2D eigenvalue weighted by molar-refractivity contribution is -0.0470. The zero-order valence-electron chi connectivity index (χ0n) is 11.1. The summed E-state index contributed by atoms with van der Waals surface area (Å²) in [6, 6.07) is 7.55. The molecule has 1 N–H and O–H groups in total. The van der Waals surface area contributed by atoms with E-state index in [-0.39, 0.29) is 11.9 Å². The second-order valence-corrected chi connectivity index (χ2v) is 5.47. The van der Waals surface area contributed by atoms with E-state index in [1.54, 1.807) is 6.07 Å². The highest BCUT2D eigenvalue weighted by atomic mass is 19.1. The molecule has 0 saturated carbocycles. The summed E-state index contributed by atoms with van der Waals surface area (Å²) in [7, 11) is 0. The van der Waals surface area contributed by atoms with Crippen LogP contribution in [0.2, 0.25) is 0 Å². The number of rotatable bonds is 4. The first-order valence-electron chi connectivity index (χ1n) is 7.13. The van der Waals surface area contributed by atoms with Crippen LogP contribution in [-0.4, -0.2) is 43.3 Å². The molecule has 2 heterocycles. The number of nitrogens with zero attached hydrogens (tertiary/aromatic N) is 1. The van der Waals surface area contributed by atoms with Gasteiger partial charge in [0.25, 0.3) is 0 Å². The quantitative estimate of drug-likeness (QED) is 0.897. The van der Waals surface area contributed by atoms with E-state index in [0.29, 0.717) is 12.6 Å². The molecule has 0 radical (unpaired) electrons. The minimum absolute atomic E-state index is 0.140. The van der Waals surface area contributed by atoms with Crippen LogP contribution in [0.4, 0.5) is 4.39 Å². The summed E-state index contributed by atoms with van der Waals surface area (Å²) in [5.41, 5.74) is 0.720. The Hall–Kier alpha value is -0.970. The van der Waals surface area contributed by atoms with Crippen LogP contribution in [0.15, 0.2) is 24.3 Å². The number of nitrogens with one attached hydrogen (secondary N) is 1. The van der Waals surface area contributed by atoms with Crippen molar-refractivity contribution in [1.29, 1.82) is 0 Å². The Labute approximate surface area is 113 Å². The summed E-state index contributed by atoms with van der Waals surface area (Å²) in [6.07, 6.45) is 2.81. The third-order valence-corrected chi connectivity index (χ3v) is 4.11. The number of morpholine rings is 1. The average molecular weight is 264 g/mol. The first kappa shape index (κ1) is 13.0. The number of halogens is 1. The molecule has 2 aliphatic heterocycles. The Bertz CT molecular complexity index is 426. The van der Waals surface area contributed by atoms with Gasteiger partial charge in [0.1, 0.15) is 5.82 Å². The highest BCUT2D eigenvalue weighted by molar-refractivity contribution is 5.16. The van der Waals surface area contributed by atoms with E-state index in [4.69, 9.17) is 4.74 Å². The van der Waals surface area contributed by atoms with Gasteiger partial charge in [-0.1, -0.05) is 18.2 Å². The topological polar surface area (TPSA) is 24.5 Å². The zero-order chi connectivity index (χ0) is 13.1. The molecule has 0 aromatic heterocycles. The summed E-state index contributed by atoms with van der Waals surface area (Å²) < 4.78 is 19.3. The van der Waals surface area contributed by atoms with Crippen molar-refractivity contribution < 1.29 is 9.13 Å². The zero-order valence-corrected chi connectivity index (χ0v) is 11.1. The van der Waals surface area contributed by atoms with Crippen molar-refractivity contribution in [3.63, 3.8) is 0 Å². The Balaban J connectivity index is 1.44. The fourth-order valence-corrected chi connectivity index (χ4v) is 3.02. The molecular formula is C15H21FN2O. The molecule has 4 heteroatoms. The van der Waals surface area contributed by atoms with Crippen molar-refractivity contribution in [3.05, 3.63) is 35.6 Å². The lowest BCUT2D eigenvalue weighted by atomic mass is 10.2. The number of fused-ring (bicyclic) bond motifs is 1.